The number of piperidine rings is 1. The minimum atomic E-state index is -3.53. The lowest BCUT2D eigenvalue weighted by atomic mass is 9.96. The number of carbonyl (C=O) groups excluding carboxylic acids is 1. The van der Waals surface area contributed by atoms with Gasteiger partial charge in [-0.3, -0.25) is 4.79 Å². The number of hydrogen-bond donors (Lipinski definition) is 1. The first-order chi connectivity index (χ1) is 14.2. The molecule has 1 heterocycles. The molecular formula is C23H29BrN2O3S. The molecule has 1 saturated heterocycles. The molecule has 1 fully saturated rings. The standard InChI is InChI=1S/C23H29BrN2O3S/c1-16(2)18-8-10-20(11-9-18)30(28,29)26-14-12-19(13-15-26)23(27)25-17(3)21-6-4-5-7-22(21)24/h4-11,16-17,19H,12-15H2,1-3H3,(H,25,27). The summed E-state index contributed by atoms with van der Waals surface area (Å²) in [6.07, 6.45) is 1.05. The largest absolute Gasteiger partial charge is 0.349 e. The molecule has 1 atom stereocenters. The lowest BCUT2D eigenvalue weighted by Gasteiger charge is -2.31. The second kappa shape index (κ2) is 9.62. The highest BCUT2D eigenvalue weighted by Gasteiger charge is 2.32. The number of carbonyl (C=O) groups is 1. The topological polar surface area (TPSA) is 66.5 Å². The van der Waals surface area contributed by atoms with Crippen LogP contribution in [0.3, 0.4) is 0 Å². The molecule has 0 radical (unpaired) electrons. The van der Waals surface area contributed by atoms with Crippen molar-refractivity contribution < 1.29 is 13.2 Å². The molecule has 0 aromatic heterocycles. The van der Waals surface area contributed by atoms with Crippen LogP contribution in [0.15, 0.2) is 57.9 Å². The summed E-state index contributed by atoms with van der Waals surface area (Å²) in [5, 5.41) is 3.07. The third-order valence-corrected chi connectivity index (χ3v) is 8.37. The van der Waals surface area contributed by atoms with Crippen LogP contribution in [0.1, 0.15) is 56.7 Å². The summed E-state index contributed by atoms with van der Waals surface area (Å²) in [6.45, 7) is 6.83. The summed E-state index contributed by atoms with van der Waals surface area (Å²) in [6, 6.07) is 14.8. The van der Waals surface area contributed by atoms with Gasteiger partial charge in [0, 0.05) is 23.5 Å². The molecule has 162 valence electrons. The second-order valence-corrected chi connectivity index (χ2v) is 10.9. The van der Waals surface area contributed by atoms with Gasteiger partial charge in [-0.1, -0.05) is 60.1 Å². The van der Waals surface area contributed by atoms with E-state index in [4.69, 9.17) is 0 Å². The van der Waals surface area contributed by atoms with Gasteiger partial charge in [-0.2, -0.15) is 4.31 Å². The van der Waals surface area contributed by atoms with E-state index in [1.807, 2.05) is 43.3 Å². The molecule has 1 unspecified atom stereocenters. The first kappa shape index (κ1) is 23.0. The SMILES string of the molecule is CC(C)c1ccc(S(=O)(=O)N2CCC(C(=O)NC(C)c3ccccc3Br)CC2)cc1. The summed E-state index contributed by atoms with van der Waals surface area (Å²) in [5.41, 5.74) is 2.14. The zero-order chi connectivity index (χ0) is 21.9. The second-order valence-electron chi connectivity index (χ2n) is 8.15. The number of rotatable bonds is 6. The molecule has 30 heavy (non-hydrogen) atoms. The maximum absolute atomic E-state index is 13.0. The number of hydrogen-bond acceptors (Lipinski definition) is 3. The molecular weight excluding hydrogens is 464 g/mol. The van der Waals surface area contributed by atoms with Crippen LogP contribution in [-0.2, 0) is 14.8 Å². The average molecular weight is 493 g/mol. The lowest BCUT2D eigenvalue weighted by Crippen LogP contribution is -2.43. The fourth-order valence-corrected chi connectivity index (χ4v) is 5.87. The van der Waals surface area contributed by atoms with Crippen molar-refractivity contribution in [3.8, 4) is 0 Å². The van der Waals surface area contributed by atoms with Crippen molar-refractivity contribution in [2.75, 3.05) is 13.1 Å². The van der Waals surface area contributed by atoms with E-state index in [9.17, 15) is 13.2 Å². The Kier molecular flexibility index (Phi) is 7.37. The third kappa shape index (κ3) is 5.13. The first-order valence-corrected chi connectivity index (χ1v) is 12.6. The van der Waals surface area contributed by atoms with Crippen LogP contribution >= 0.6 is 15.9 Å². The molecule has 2 aromatic rings. The number of amides is 1. The summed E-state index contributed by atoms with van der Waals surface area (Å²) >= 11 is 3.52. The van der Waals surface area contributed by atoms with Crippen molar-refractivity contribution in [2.24, 2.45) is 5.92 Å². The van der Waals surface area contributed by atoms with E-state index < -0.39 is 10.0 Å². The van der Waals surface area contributed by atoms with Gasteiger partial charge in [-0.15, -0.1) is 0 Å². The van der Waals surface area contributed by atoms with Gasteiger partial charge in [-0.25, -0.2) is 8.42 Å². The van der Waals surface area contributed by atoms with E-state index in [0.29, 0.717) is 36.7 Å². The maximum Gasteiger partial charge on any atom is 0.243 e. The van der Waals surface area contributed by atoms with Crippen molar-refractivity contribution in [3.05, 3.63) is 64.1 Å². The van der Waals surface area contributed by atoms with Crippen molar-refractivity contribution in [1.82, 2.24) is 9.62 Å². The normalized spacial score (nSPS) is 17.1. The van der Waals surface area contributed by atoms with Crippen LogP contribution in [0.25, 0.3) is 0 Å². The van der Waals surface area contributed by atoms with Gasteiger partial charge in [0.05, 0.1) is 10.9 Å². The van der Waals surface area contributed by atoms with Crippen molar-refractivity contribution in [2.45, 2.75) is 50.5 Å². The molecule has 1 aliphatic heterocycles. The van der Waals surface area contributed by atoms with E-state index in [-0.39, 0.29) is 17.9 Å². The number of halogens is 1. The molecule has 0 aliphatic carbocycles. The van der Waals surface area contributed by atoms with Gasteiger partial charge in [0.1, 0.15) is 0 Å². The predicted molar refractivity (Wildman–Crippen MR) is 123 cm³/mol. The number of nitrogens with zero attached hydrogens (tertiary/aromatic N) is 1. The fraction of sp³-hybridized carbons (Fsp3) is 0.435. The van der Waals surface area contributed by atoms with E-state index in [0.717, 1.165) is 15.6 Å². The van der Waals surface area contributed by atoms with Crippen LogP contribution in [0, 0.1) is 5.92 Å². The highest BCUT2D eigenvalue weighted by atomic mass is 79.9. The molecule has 1 N–H and O–H groups in total. The molecule has 0 bridgehead atoms. The molecule has 5 nitrogen and oxygen atoms in total. The minimum absolute atomic E-state index is 0.0170. The van der Waals surface area contributed by atoms with Crippen LogP contribution in [-0.4, -0.2) is 31.7 Å². The van der Waals surface area contributed by atoms with Gasteiger partial charge in [0.2, 0.25) is 15.9 Å². The van der Waals surface area contributed by atoms with Crippen LogP contribution in [0.5, 0.6) is 0 Å². The van der Waals surface area contributed by atoms with E-state index in [2.05, 4.69) is 35.1 Å². The summed E-state index contributed by atoms with van der Waals surface area (Å²) in [5.74, 6) is 0.163. The van der Waals surface area contributed by atoms with Gasteiger partial charge >= 0.3 is 0 Å². The van der Waals surface area contributed by atoms with Gasteiger partial charge in [0.25, 0.3) is 0 Å². The third-order valence-electron chi connectivity index (χ3n) is 5.74. The van der Waals surface area contributed by atoms with Crippen molar-refractivity contribution >= 4 is 31.9 Å². The zero-order valence-corrected chi connectivity index (χ0v) is 20.0. The maximum atomic E-state index is 13.0. The Labute approximate surface area is 188 Å². The first-order valence-electron chi connectivity index (χ1n) is 10.3. The molecule has 2 aromatic carbocycles. The number of nitrogens with one attached hydrogen (secondary N) is 1. The fourth-order valence-electron chi connectivity index (χ4n) is 3.77. The van der Waals surface area contributed by atoms with Crippen LogP contribution in [0.2, 0.25) is 0 Å². The van der Waals surface area contributed by atoms with Crippen molar-refractivity contribution in [3.63, 3.8) is 0 Å². The quantitative estimate of drug-likeness (QED) is 0.626. The monoisotopic (exact) mass is 492 g/mol. The Balaban J connectivity index is 1.59. The molecule has 3 rings (SSSR count). The Morgan fingerprint density at radius 2 is 1.63 bits per heavy atom. The highest BCUT2D eigenvalue weighted by Crippen LogP contribution is 2.27. The number of benzene rings is 2. The Morgan fingerprint density at radius 1 is 1.03 bits per heavy atom. The zero-order valence-electron chi connectivity index (χ0n) is 17.6. The van der Waals surface area contributed by atoms with Gasteiger partial charge in [-0.05, 0) is 55.0 Å². The van der Waals surface area contributed by atoms with Gasteiger partial charge < -0.3 is 5.32 Å². The molecule has 1 aliphatic rings. The number of sulfonamides is 1. The summed E-state index contributed by atoms with van der Waals surface area (Å²) < 4.78 is 28.4. The molecule has 0 saturated carbocycles. The van der Waals surface area contributed by atoms with E-state index in [1.54, 1.807) is 12.1 Å². The molecule has 7 heteroatoms. The van der Waals surface area contributed by atoms with Crippen LogP contribution < -0.4 is 5.32 Å². The summed E-state index contributed by atoms with van der Waals surface area (Å²) in [7, 11) is -3.53. The Hall–Kier alpha value is -1.70. The Morgan fingerprint density at radius 3 is 2.20 bits per heavy atom. The minimum Gasteiger partial charge on any atom is -0.349 e. The van der Waals surface area contributed by atoms with Gasteiger partial charge in [0.15, 0.2) is 0 Å². The smallest absolute Gasteiger partial charge is 0.243 e. The molecule has 1 amide bonds. The van der Waals surface area contributed by atoms with Crippen molar-refractivity contribution in [1.29, 1.82) is 0 Å². The average Bonchev–Trinajstić information content (AvgIpc) is 2.74. The van der Waals surface area contributed by atoms with E-state index >= 15 is 0 Å². The summed E-state index contributed by atoms with van der Waals surface area (Å²) in [4.78, 5) is 13.0. The highest BCUT2D eigenvalue weighted by molar-refractivity contribution is 9.10. The Bertz CT molecular complexity index is 982. The molecule has 0 spiro atoms. The predicted octanol–water partition coefficient (Wildman–Crippen LogP) is 4.85. The van der Waals surface area contributed by atoms with Crippen LogP contribution in [0.4, 0.5) is 0 Å². The van der Waals surface area contributed by atoms with E-state index in [1.165, 1.54) is 4.31 Å². The lowest BCUT2D eigenvalue weighted by molar-refractivity contribution is -0.126.